The number of hydrogen-bond donors (Lipinski definition) is 1. The van der Waals surface area contributed by atoms with Gasteiger partial charge in [-0.15, -0.1) is 0 Å². The van der Waals surface area contributed by atoms with Crippen LogP contribution in [0.2, 0.25) is 0 Å². The molecular formula is C13H14F3NO4. The molecule has 21 heavy (non-hydrogen) atoms. The summed E-state index contributed by atoms with van der Waals surface area (Å²) in [5.74, 6) is -1.65. The highest BCUT2D eigenvalue weighted by atomic mass is 19.4. The van der Waals surface area contributed by atoms with Crippen LogP contribution in [-0.2, 0) is 9.53 Å². The Morgan fingerprint density at radius 3 is 2.48 bits per heavy atom. The number of rotatable bonds is 5. The van der Waals surface area contributed by atoms with E-state index in [0.717, 1.165) is 0 Å². The molecule has 1 amide bonds. The minimum absolute atomic E-state index is 0.0791. The Morgan fingerprint density at radius 1 is 1.29 bits per heavy atom. The number of amides is 1. The molecule has 0 aromatic heterocycles. The van der Waals surface area contributed by atoms with E-state index >= 15 is 0 Å². The topological polar surface area (TPSA) is 64.6 Å². The first-order valence-electron chi connectivity index (χ1n) is 5.93. The van der Waals surface area contributed by atoms with E-state index in [9.17, 15) is 22.8 Å². The van der Waals surface area contributed by atoms with Crippen molar-refractivity contribution in [3.63, 3.8) is 0 Å². The van der Waals surface area contributed by atoms with Gasteiger partial charge in [-0.25, -0.2) is 4.79 Å². The summed E-state index contributed by atoms with van der Waals surface area (Å²) in [5, 5.41) is 1.64. The second kappa shape index (κ2) is 6.96. The predicted octanol–water partition coefficient (Wildman–Crippen LogP) is 1.92. The van der Waals surface area contributed by atoms with E-state index in [1.807, 2.05) is 0 Å². The quantitative estimate of drug-likeness (QED) is 0.844. The monoisotopic (exact) mass is 305 g/mol. The summed E-state index contributed by atoms with van der Waals surface area (Å²) in [6.07, 6.45) is -5.88. The number of alkyl halides is 3. The van der Waals surface area contributed by atoms with Crippen LogP contribution < -0.4 is 10.1 Å². The average molecular weight is 305 g/mol. The summed E-state index contributed by atoms with van der Waals surface area (Å²) in [5.41, 5.74) is 0.0791. The van der Waals surface area contributed by atoms with E-state index in [1.54, 1.807) is 17.4 Å². The van der Waals surface area contributed by atoms with Crippen molar-refractivity contribution in [1.29, 1.82) is 0 Å². The molecule has 1 aromatic carbocycles. The molecule has 116 valence electrons. The Bertz CT molecular complexity index is 516. The number of hydrogen-bond acceptors (Lipinski definition) is 4. The molecule has 8 heteroatoms. The summed E-state index contributed by atoms with van der Waals surface area (Å²) in [7, 11) is 1.35. The fraction of sp³-hybridized carbons (Fsp3) is 0.385. The van der Waals surface area contributed by atoms with Gasteiger partial charge in [-0.1, -0.05) is 12.1 Å². The van der Waals surface area contributed by atoms with E-state index in [-0.39, 0.29) is 11.3 Å². The van der Waals surface area contributed by atoms with Gasteiger partial charge in [0.1, 0.15) is 17.9 Å². The van der Waals surface area contributed by atoms with Gasteiger partial charge in [0.2, 0.25) is 0 Å². The zero-order valence-corrected chi connectivity index (χ0v) is 11.4. The highest BCUT2D eigenvalue weighted by molar-refractivity contribution is 5.94. The highest BCUT2D eigenvalue weighted by Crippen LogP contribution is 2.19. The summed E-state index contributed by atoms with van der Waals surface area (Å²) < 4.78 is 45.7. The Hall–Kier alpha value is -2.25. The van der Waals surface area contributed by atoms with E-state index in [2.05, 4.69) is 0 Å². The number of ether oxygens (including phenoxy) is 2. The average Bonchev–Trinajstić information content (AvgIpc) is 2.43. The van der Waals surface area contributed by atoms with Crippen LogP contribution in [0.1, 0.15) is 17.3 Å². The SMILES string of the molecule is COc1ccccc1C(=O)OC(C)C(=O)NCC(F)(F)F. The summed E-state index contributed by atoms with van der Waals surface area (Å²) in [6, 6.07) is 6.13. The third-order valence-electron chi connectivity index (χ3n) is 2.44. The first kappa shape index (κ1) is 16.8. The van der Waals surface area contributed by atoms with E-state index in [4.69, 9.17) is 9.47 Å². The van der Waals surface area contributed by atoms with Crippen molar-refractivity contribution in [1.82, 2.24) is 5.32 Å². The van der Waals surface area contributed by atoms with Gasteiger partial charge in [0.25, 0.3) is 5.91 Å². The molecule has 1 unspecified atom stereocenters. The Morgan fingerprint density at radius 2 is 1.90 bits per heavy atom. The minimum atomic E-state index is -4.53. The zero-order valence-electron chi connectivity index (χ0n) is 11.4. The maximum atomic E-state index is 12.0. The van der Waals surface area contributed by atoms with Crippen LogP contribution in [0.15, 0.2) is 24.3 Å². The molecule has 5 nitrogen and oxygen atoms in total. The van der Waals surface area contributed by atoms with Gasteiger partial charge in [0, 0.05) is 0 Å². The molecule has 0 radical (unpaired) electrons. The van der Waals surface area contributed by atoms with Gasteiger partial charge >= 0.3 is 12.1 Å². The summed E-state index contributed by atoms with van der Waals surface area (Å²) in [6.45, 7) is -0.304. The molecule has 1 N–H and O–H groups in total. The number of carbonyl (C=O) groups excluding carboxylic acids is 2. The lowest BCUT2D eigenvalue weighted by Crippen LogP contribution is -2.40. The Labute approximate surface area is 119 Å². The van der Waals surface area contributed by atoms with Gasteiger partial charge in [0.05, 0.1) is 7.11 Å². The molecule has 0 heterocycles. The molecule has 0 aliphatic rings. The number of carbonyl (C=O) groups is 2. The van der Waals surface area contributed by atoms with E-state index in [1.165, 1.54) is 26.2 Å². The van der Waals surface area contributed by atoms with Crippen LogP contribution in [0.4, 0.5) is 13.2 Å². The van der Waals surface area contributed by atoms with Crippen molar-refractivity contribution < 1.29 is 32.2 Å². The Balaban J connectivity index is 2.63. The third kappa shape index (κ3) is 5.33. The van der Waals surface area contributed by atoms with Crippen molar-refractivity contribution in [2.24, 2.45) is 0 Å². The molecule has 0 saturated carbocycles. The maximum Gasteiger partial charge on any atom is 0.405 e. The van der Waals surface area contributed by atoms with Crippen LogP contribution in [0.25, 0.3) is 0 Å². The molecule has 0 bridgehead atoms. The lowest BCUT2D eigenvalue weighted by Gasteiger charge is -2.15. The minimum Gasteiger partial charge on any atom is -0.496 e. The molecule has 0 saturated heterocycles. The number of nitrogens with one attached hydrogen (secondary N) is 1. The van der Waals surface area contributed by atoms with Gasteiger partial charge in [0.15, 0.2) is 6.10 Å². The molecule has 0 aliphatic carbocycles. The molecule has 1 aromatic rings. The number of methoxy groups -OCH3 is 1. The van der Waals surface area contributed by atoms with Crippen LogP contribution in [0, 0.1) is 0 Å². The van der Waals surface area contributed by atoms with Gasteiger partial charge < -0.3 is 14.8 Å². The van der Waals surface area contributed by atoms with E-state index < -0.39 is 30.7 Å². The first-order valence-corrected chi connectivity index (χ1v) is 5.93. The Kier molecular flexibility index (Phi) is 5.57. The summed E-state index contributed by atoms with van der Waals surface area (Å²) in [4.78, 5) is 23.2. The fourth-order valence-electron chi connectivity index (χ4n) is 1.42. The number of halogens is 3. The van der Waals surface area contributed by atoms with Crippen LogP contribution in [0.3, 0.4) is 0 Å². The smallest absolute Gasteiger partial charge is 0.405 e. The maximum absolute atomic E-state index is 12.0. The molecule has 0 spiro atoms. The second-order valence-corrected chi connectivity index (χ2v) is 4.08. The van der Waals surface area contributed by atoms with Crippen LogP contribution >= 0.6 is 0 Å². The second-order valence-electron chi connectivity index (χ2n) is 4.08. The molecule has 1 rings (SSSR count). The van der Waals surface area contributed by atoms with Crippen molar-refractivity contribution in [2.75, 3.05) is 13.7 Å². The predicted molar refractivity (Wildman–Crippen MR) is 66.9 cm³/mol. The van der Waals surface area contributed by atoms with Gasteiger partial charge in [-0.2, -0.15) is 13.2 Å². The van der Waals surface area contributed by atoms with Gasteiger partial charge in [-0.3, -0.25) is 4.79 Å². The molecule has 0 aliphatic heterocycles. The van der Waals surface area contributed by atoms with Crippen molar-refractivity contribution in [2.45, 2.75) is 19.2 Å². The number of para-hydroxylation sites is 1. The van der Waals surface area contributed by atoms with Crippen molar-refractivity contribution in [3.8, 4) is 5.75 Å². The van der Waals surface area contributed by atoms with Crippen molar-refractivity contribution >= 4 is 11.9 Å². The normalized spacial score (nSPS) is 12.4. The molecular weight excluding hydrogens is 291 g/mol. The first-order chi connectivity index (χ1) is 9.74. The molecule has 1 atom stereocenters. The largest absolute Gasteiger partial charge is 0.496 e. The number of esters is 1. The lowest BCUT2D eigenvalue weighted by atomic mass is 10.2. The molecule has 0 fully saturated rings. The lowest BCUT2D eigenvalue weighted by molar-refractivity contribution is -0.143. The highest BCUT2D eigenvalue weighted by Gasteiger charge is 2.29. The standard InChI is InChI=1S/C13H14F3NO4/c1-8(11(18)17-7-13(14,15)16)21-12(19)9-5-3-4-6-10(9)20-2/h3-6,8H,7H2,1-2H3,(H,17,18). The van der Waals surface area contributed by atoms with Crippen LogP contribution in [0.5, 0.6) is 5.75 Å². The number of benzene rings is 1. The van der Waals surface area contributed by atoms with Crippen LogP contribution in [-0.4, -0.2) is 37.8 Å². The zero-order chi connectivity index (χ0) is 16.0. The van der Waals surface area contributed by atoms with Crippen molar-refractivity contribution in [3.05, 3.63) is 29.8 Å². The third-order valence-corrected chi connectivity index (χ3v) is 2.44. The van der Waals surface area contributed by atoms with E-state index in [0.29, 0.717) is 0 Å². The van der Waals surface area contributed by atoms with Gasteiger partial charge in [-0.05, 0) is 19.1 Å². The fourth-order valence-corrected chi connectivity index (χ4v) is 1.42. The summed E-state index contributed by atoms with van der Waals surface area (Å²) >= 11 is 0.